The van der Waals surface area contributed by atoms with Gasteiger partial charge >= 0.3 is 12.1 Å². The van der Waals surface area contributed by atoms with Crippen molar-refractivity contribution >= 4 is 34.6 Å². The highest BCUT2D eigenvalue weighted by Gasteiger charge is 2.23. The van der Waals surface area contributed by atoms with Crippen LogP contribution in [0.3, 0.4) is 0 Å². The number of rotatable bonds is 7. The largest absolute Gasteiger partial charge is 0.511 e. The van der Waals surface area contributed by atoms with Gasteiger partial charge in [0.2, 0.25) is 6.29 Å². The zero-order valence-electron chi connectivity index (χ0n) is 22.6. The predicted octanol–water partition coefficient (Wildman–Crippen LogP) is 5.98. The number of carbonyl (C=O) groups excluding carboxylic acids is 3. The normalized spacial score (nSPS) is 11.1. The Hall–Kier alpha value is -4.73. The third kappa shape index (κ3) is 7.41. The second kappa shape index (κ2) is 13.7. The number of carbonyl (C=O) groups is 3. The first-order chi connectivity index (χ1) is 18.8. The van der Waals surface area contributed by atoms with Gasteiger partial charge in [0.25, 0.3) is 5.91 Å². The van der Waals surface area contributed by atoms with Crippen molar-refractivity contribution in [2.75, 3.05) is 11.9 Å². The number of nitrogens with one attached hydrogen (secondary N) is 1. The third-order valence-corrected chi connectivity index (χ3v) is 5.29. The van der Waals surface area contributed by atoms with Crippen LogP contribution in [-0.2, 0) is 21.3 Å². The van der Waals surface area contributed by atoms with E-state index >= 15 is 0 Å². The van der Waals surface area contributed by atoms with Crippen LogP contribution < -0.4 is 5.32 Å². The molecule has 0 aliphatic heterocycles. The molecule has 0 aliphatic carbocycles. The minimum atomic E-state index is -1.16. The first-order valence-electron chi connectivity index (χ1n) is 12.6. The molecule has 0 saturated carbocycles. The average Bonchev–Trinajstić information content (AvgIpc) is 3.31. The molecule has 0 bridgehead atoms. The summed E-state index contributed by atoms with van der Waals surface area (Å²) < 4.78 is 16.2. The fraction of sp³-hybridized carbons (Fsp3) is 0.276. The number of aryl methyl sites for hydroxylation is 1. The highest BCUT2D eigenvalue weighted by atomic mass is 16.8. The molecule has 0 spiro atoms. The number of pyridine rings is 1. The van der Waals surface area contributed by atoms with Crippen LogP contribution in [0, 0.1) is 0 Å². The first kappa shape index (κ1) is 28.8. The van der Waals surface area contributed by atoms with Gasteiger partial charge in [0.1, 0.15) is 5.82 Å². The summed E-state index contributed by atoms with van der Waals surface area (Å²) >= 11 is 0. The summed E-state index contributed by atoms with van der Waals surface area (Å²) in [7, 11) is 1.59. The zero-order valence-corrected chi connectivity index (χ0v) is 22.6. The summed E-state index contributed by atoms with van der Waals surface area (Å²) in [5, 5.41) is 8.80. The quantitative estimate of drug-likeness (QED) is 0.228. The number of benzene rings is 2. The van der Waals surface area contributed by atoms with Gasteiger partial charge in [0.15, 0.2) is 5.69 Å². The second-order valence-corrected chi connectivity index (χ2v) is 8.42. The minimum absolute atomic E-state index is 0.137. The van der Waals surface area contributed by atoms with Crippen LogP contribution in [0.5, 0.6) is 0 Å². The van der Waals surface area contributed by atoms with Crippen molar-refractivity contribution in [3.63, 3.8) is 0 Å². The summed E-state index contributed by atoms with van der Waals surface area (Å²) in [6, 6.07) is 16.2. The summed E-state index contributed by atoms with van der Waals surface area (Å²) in [4.78, 5) is 41.4. The molecular formula is C29H32N4O6. The third-order valence-electron chi connectivity index (χ3n) is 5.29. The van der Waals surface area contributed by atoms with Gasteiger partial charge in [-0.1, -0.05) is 56.7 Å². The molecule has 2 aromatic carbocycles. The van der Waals surface area contributed by atoms with E-state index in [-0.39, 0.29) is 18.2 Å². The first-order valence-corrected chi connectivity index (χ1v) is 12.6. The molecule has 2 heterocycles. The smallest absolute Gasteiger partial charge is 0.435 e. The Morgan fingerprint density at radius 2 is 1.67 bits per heavy atom. The van der Waals surface area contributed by atoms with Crippen molar-refractivity contribution in [3.05, 3.63) is 78.2 Å². The molecular weight excluding hydrogens is 500 g/mol. The number of hydrogen-bond donors (Lipinski definition) is 1. The van der Waals surface area contributed by atoms with Crippen LogP contribution in [0.15, 0.2) is 67.0 Å². The van der Waals surface area contributed by atoms with Gasteiger partial charge in [-0.3, -0.25) is 9.48 Å². The summed E-state index contributed by atoms with van der Waals surface area (Å²) in [5.41, 5.74) is 1.71. The van der Waals surface area contributed by atoms with E-state index in [9.17, 15) is 14.4 Å². The number of aromatic nitrogens is 3. The maximum Gasteiger partial charge on any atom is 0.511 e. The molecule has 1 amide bonds. The zero-order chi connectivity index (χ0) is 28.4. The van der Waals surface area contributed by atoms with Gasteiger partial charge in [0.05, 0.1) is 12.8 Å². The molecule has 4 aromatic rings. The van der Waals surface area contributed by atoms with Crippen LogP contribution in [0.4, 0.5) is 10.6 Å². The Labute approximate surface area is 226 Å². The lowest BCUT2D eigenvalue weighted by Gasteiger charge is -2.14. The van der Waals surface area contributed by atoms with Crippen molar-refractivity contribution < 1.29 is 28.6 Å². The molecule has 1 unspecified atom stereocenters. The van der Waals surface area contributed by atoms with E-state index in [1.54, 1.807) is 44.4 Å². The lowest BCUT2D eigenvalue weighted by molar-refractivity contribution is -0.0815. The Kier molecular flexibility index (Phi) is 10.1. The Balaban J connectivity index is 0.00000134. The molecule has 204 valence electrons. The molecule has 0 saturated heterocycles. The van der Waals surface area contributed by atoms with Crippen LogP contribution in [-0.4, -0.2) is 45.7 Å². The number of nitrogens with zero attached hydrogens (tertiary/aromatic N) is 3. The fourth-order valence-corrected chi connectivity index (χ4v) is 3.61. The van der Waals surface area contributed by atoms with Gasteiger partial charge in [-0.2, -0.15) is 5.10 Å². The molecule has 0 aliphatic rings. The maximum absolute atomic E-state index is 12.8. The lowest BCUT2D eigenvalue weighted by Crippen LogP contribution is -2.23. The molecule has 0 radical (unpaired) electrons. The standard InChI is InChI=1S/C26H24N4O6.C3H8/c1-4-34-26(33)36-16(2)35-25(32)22-21(15-28-30(22)3)18-9-11-19(12-10-18)24(31)29-23-20-8-6-5-7-17(20)13-14-27-23;1-3-2/h5-16H,4H2,1-3H3,(H,27,29,31);3H2,1-2H3. The Morgan fingerprint density at radius 1 is 0.974 bits per heavy atom. The van der Waals surface area contributed by atoms with Gasteiger partial charge in [-0.05, 0) is 36.1 Å². The molecule has 4 rings (SSSR count). The summed E-state index contributed by atoms with van der Waals surface area (Å²) in [6.07, 6.45) is 2.31. The molecule has 10 heteroatoms. The van der Waals surface area contributed by atoms with Gasteiger partial charge in [0, 0.05) is 36.7 Å². The number of esters is 1. The van der Waals surface area contributed by atoms with Gasteiger partial charge in [-0.25, -0.2) is 14.6 Å². The van der Waals surface area contributed by atoms with E-state index in [0.29, 0.717) is 22.5 Å². The predicted molar refractivity (Wildman–Crippen MR) is 147 cm³/mol. The summed E-state index contributed by atoms with van der Waals surface area (Å²) in [5.74, 6) is -0.578. The van der Waals surface area contributed by atoms with E-state index in [4.69, 9.17) is 9.47 Å². The molecule has 0 fully saturated rings. The van der Waals surface area contributed by atoms with Crippen molar-refractivity contribution in [1.29, 1.82) is 0 Å². The van der Waals surface area contributed by atoms with Crippen LogP contribution in [0.2, 0.25) is 0 Å². The van der Waals surface area contributed by atoms with E-state index in [2.05, 4.69) is 34.0 Å². The van der Waals surface area contributed by atoms with Crippen molar-refractivity contribution in [1.82, 2.24) is 14.8 Å². The monoisotopic (exact) mass is 532 g/mol. The molecule has 2 aromatic heterocycles. The Morgan fingerprint density at radius 3 is 2.36 bits per heavy atom. The van der Waals surface area contributed by atoms with Crippen LogP contribution >= 0.6 is 0 Å². The van der Waals surface area contributed by atoms with E-state index in [1.165, 1.54) is 24.2 Å². The summed E-state index contributed by atoms with van der Waals surface area (Å²) in [6.45, 7) is 7.43. The fourth-order valence-electron chi connectivity index (χ4n) is 3.61. The number of amides is 1. The number of ether oxygens (including phenoxy) is 3. The number of hydrogen-bond acceptors (Lipinski definition) is 8. The van der Waals surface area contributed by atoms with Gasteiger partial charge in [-0.15, -0.1) is 0 Å². The second-order valence-electron chi connectivity index (χ2n) is 8.42. The van der Waals surface area contributed by atoms with Crippen molar-refractivity contribution in [2.45, 2.75) is 40.4 Å². The molecule has 1 atom stereocenters. The van der Waals surface area contributed by atoms with Gasteiger partial charge < -0.3 is 19.5 Å². The van der Waals surface area contributed by atoms with E-state index in [1.807, 2.05) is 30.3 Å². The van der Waals surface area contributed by atoms with Crippen molar-refractivity contribution in [2.24, 2.45) is 7.05 Å². The molecule has 1 N–H and O–H groups in total. The maximum atomic E-state index is 12.8. The van der Waals surface area contributed by atoms with Crippen LogP contribution in [0.1, 0.15) is 55.0 Å². The number of anilines is 1. The molecule has 10 nitrogen and oxygen atoms in total. The lowest BCUT2D eigenvalue weighted by atomic mass is 10.0. The average molecular weight is 533 g/mol. The highest BCUT2D eigenvalue weighted by Crippen LogP contribution is 2.26. The number of fused-ring (bicyclic) bond motifs is 1. The SMILES string of the molecule is CCC.CCOC(=O)OC(C)OC(=O)c1c(-c2ccc(C(=O)Nc3nccc4ccccc34)cc2)cnn1C. The van der Waals surface area contributed by atoms with Crippen LogP contribution in [0.25, 0.3) is 21.9 Å². The van der Waals surface area contributed by atoms with E-state index in [0.717, 1.165) is 10.8 Å². The Bertz CT molecular complexity index is 1430. The van der Waals surface area contributed by atoms with Crippen molar-refractivity contribution in [3.8, 4) is 11.1 Å². The topological polar surface area (TPSA) is 122 Å². The molecule has 39 heavy (non-hydrogen) atoms. The highest BCUT2D eigenvalue weighted by molar-refractivity contribution is 6.08. The van der Waals surface area contributed by atoms with E-state index < -0.39 is 18.4 Å². The minimum Gasteiger partial charge on any atom is -0.435 e.